The van der Waals surface area contributed by atoms with Gasteiger partial charge in [-0.2, -0.15) is 0 Å². The van der Waals surface area contributed by atoms with Crippen molar-refractivity contribution in [3.05, 3.63) is 24.6 Å². The Morgan fingerprint density at radius 2 is 2.33 bits per heavy atom. The molecule has 9 heavy (non-hydrogen) atoms. The molecule has 0 aromatic rings. The molecule has 2 nitrogen and oxygen atoms in total. The molecule has 50 valence electrons. The highest BCUT2D eigenvalue weighted by Gasteiger charge is 1.80. The first kappa shape index (κ1) is 7.95. The summed E-state index contributed by atoms with van der Waals surface area (Å²) >= 11 is 0. The summed E-state index contributed by atoms with van der Waals surface area (Å²) in [6.07, 6.45) is 4.89. The molecule has 0 amide bonds. The molecule has 2 heteroatoms. The first-order valence-corrected chi connectivity index (χ1v) is 2.69. The summed E-state index contributed by atoms with van der Waals surface area (Å²) in [6, 6.07) is 0. The molecule has 0 radical (unpaired) electrons. The minimum atomic E-state index is 0.674. The van der Waals surface area contributed by atoms with Gasteiger partial charge in [-0.3, -0.25) is 4.99 Å². The highest BCUT2D eigenvalue weighted by molar-refractivity contribution is 5.54. The van der Waals surface area contributed by atoms with Crippen molar-refractivity contribution in [2.75, 3.05) is 7.11 Å². The van der Waals surface area contributed by atoms with E-state index in [9.17, 15) is 0 Å². The van der Waals surface area contributed by atoms with Crippen LogP contribution in [0.25, 0.3) is 0 Å². The van der Waals surface area contributed by atoms with Crippen LogP contribution >= 0.6 is 0 Å². The third-order valence-electron chi connectivity index (χ3n) is 0.788. The van der Waals surface area contributed by atoms with Gasteiger partial charge in [-0.15, -0.1) is 0 Å². The fourth-order valence-corrected chi connectivity index (χ4v) is 0.337. The Hall–Kier alpha value is -1.05. The molecule has 0 unspecified atom stereocenters. The van der Waals surface area contributed by atoms with Crippen molar-refractivity contribution in [2.24, 2.45) is 4.99 Å². The largest absolute Gasteiger partial charge is 0.495 e. The maximum atomic E-state index is 4.83. The van der Waals surface area contributed by atoms with E-state index in [1.165, 1.54) is 0 Å². The van der Waals surface area contributed by atoms with E-state index in [2.05, 4.69) is 11.6 Å². The number of allylic oxidation sites excluding steroid dienone is 1. The summed E-state index contributed by atoms with van der Waals surface area (Å²) in [6.45, 7) is 5.36. The second-order valence-corrected chi connectivity index (χ2v) is 1.35. The van der Waals surface area contributed by atoms with Crippen molar-refractivity contribution in [1.82, 2.24) is 0 Å². The molecule has 0 bridgehead atoms. The lowest BCUT2D eigenvalue weighted by Crippen LogP contribution is -1.78. The van der Waals surface area contributed by atoms with Gasteiger partial charge in [0.2, 0.25) is 0 Å². The maximum absolute atomic E-state index is 4.83. The molecule has 0 aromatic heterocycles. The lowest BCUT2D eigenvalue weighted by atomic mass is 10.5. The lowest BCUT2D eigenvalue weighted by Gasteiger charge is -1.93. The van der Waals surface area contributed by atoms with E-state index in [0.717, 1.165) is 0 Å². The summed E-state index contributed by atoms with van der Waals surface area (Å²) in [7, 11) is 1.58. The third kappa shape index (κ3) is 3.53. The topological polar surface area (TPSA) is 21.6 Å². The van der Waals surface area contributed by atoms with Crippen molar-refractivity contribution in [3.8, 4) is 0 Å². The summed E-state index contributed by atoms with van der Waals surface area (Å²) in [5.74, 6) is 0.674. The van der Waals surface area contributed by atoms with Crippen molar-refractivity contribution in [1.29, 1.82) is 0 Å². The average Bonchev–Trinajstić information content (AvgIpc) is 1.91. The fraction of sp³-hybridized carbons (Fsp3) is 0.286. The molecule has 0 aliphatic rings. The molecule has 0 saturated heterocycles. The maximum Gasteiger partial charge on any atom is 0.136 e. The number of ether oxygens (including phenoxy) is 1. The van der Waals surface area contributed by atoms with Crippen LogP contribution in [-0.4, -0.2) is 13.3 Å². The molecule has 0 heterocycles. The number of nitrogens with zero attached hydrogens (tertiary/aromatic N) is 1. The lowest BCUT2D eigenvalue weighted by molar-refractivity contribution is 0.306. The van der Waals surface area contributed by atoms with Gasteiger partial charge in [-0.25, -0.2) is 0 Å². The number of methoxy groups -OCH3 is 1. The zero-order chi connectivity index (χ0) is 7.11. The molecular weight excluding hydrogens is 114 g/mol. The number of rotatable bonds is 3. The molecule has 0 saturated carbocycles. The predicted octanol–water partition coefficient (Wildman–Crippen LogP) is 1.75. The second kappa shape index (κ2) is 5.09. The van der Waals surface area contributed by atoms with Gasteiger partial charge in [-0.05, 0) is 13.0 Å². The Labute approximate surface area is 55.6 Å². The quantitative estimate of drug-likeness (QED) is 0.320. The van der Waals surface area contributed by atoms with E-state index >= 15 is 0 Å². The summed E-state index contributed by atoms with van der Waals surface area (Å²) in [5, 5.41) is 0. The van der Waals surface area contributed by atoms with Crippen LogP contribution < -0.4 is 0 Å². The minimum absolute atomic E-state index is 0.674. The molecular formula is C7H11NO. The van der Waals surface area contributed by atoms with Gasteiger partial charge in [0.25, 0.3) is 0 Å². The van der Waals surface area contributed by atoms with Crippen LogP contribution in [0.3, 0.4) is 0 Å². The highest BCUT2D eigenvalue weighted by atomic mass is 16.5. The van der Waals surface area contributed by atoms with E-state index < -0.39 is 0 Å². The van der Waals surface area contributed by atoms with Crippen LogP contribution in [0.5, 0.6) is 0 Å². The number of hydrogen-bond acceptors (Lipinski definition) is 2. The van der Waals surface area contributed by atoms with Gasteiger partial charge in [-0.1, -0.05) is 6.58 Å². The molecule has 0 N–H and O–H groups in total. The van der Waals surface area contributed by atoms with Crippen molar-refractivity contribution in [2.45, 2.75) is 6.92 Å². The smallest absolute Gasteiger partial charge is 0.136 e. The predicted molar refractivity (Wildman–Crippen MR) is 39.5 cm³/mol. The van der Waals surface area contributed by atoms with E-state index in [0.29, 0.717) is 5.76 Å². The standard InChI is InChI=1S/C7H11NO/c1-4-7(9-3)6-8-5-2/h4-6H,1H2,2-3H3/b7-6+,8-5?. The van der Waals surface area contributed by atoms with Crippen LogP contribution in [0.4, 0.5) is 0 Å². The van der Waals surface area contributed by atoms with Gasteiger partial charge < -0.3 is 4.74 Å². The molecule has 0 atom stereocenters. The normalized spacial score (nSPS) is 12.0. The zero-order valence-electron chi connectivity index (χ0n) is 5.79. The molecule has 0 aromatic carbocycles. The van der Waals surface area contributed by atoms with Gasteiger partial charge in [0.05, 0.1) is 13.3 Å². The monoisotopic (exact) mass is 125 g/mol. The van der Waals surface area contributed by atoms with Gasteiger partial charge in [0.1, 0.15) is 5.76 Å². The third-order valence-corrected chi connectivity index (χ3v) is 0.788. The first-order chi connectivity index (χ1) is 4.35. The first-order valence-electron chi connectivity index (χ1n) is 2.69. The number of hydrogen-bond donors (Lipinski definition) is 0. The van der Waals surface area contributed by atoms with Gasteiger partial charge in [0, 0.05) is 6.21 Å². The molecule has 0 spiro atoms. The van der Waals surface area contributed by atoms with Crippen LogP contribution in [0, 0.1) is 0 Å². The summed E-state index contributed by atoms with van der Waals surface area (Å²) in [4.78, 5) is 3.83. The minimum Gasteiger partial charge on any atom is -0.495 e. The molecule has 0 aliphatic heterocycles. The fourth-order valence-electron chi connectivity index (χ4n) is 0.337. The van der Waals surface area contributed by atoms with Crippen molar-refractivity contribution >= 4 is 6.21 Å². The van der Waals surface area contributed by atoms with Gasteiger partial charge >= 0.3 is 0 Å². The molecule has 0 rings (SSSR count). The Kier molecular flexibility index (Phi) is 4.50. The Morgan fingerprint density at radius 1 is 1.67 bits per heavy atom. The average molecular weight is 125 g/mol. The van der Waals surface area contributed by atoms with Crippen molar-refractivity contribution in [3.63, 3.8) is 0 Å². The van der Waals surface area contributed by atoms with E-state index in [-0.39, 0.29) is 0 Å². The Balaban J connectivity index is 3.90. The van der Waals surface area contributed by atoms with E-state index in [4.69, 9.17) is 4.74 Å². The van der Waals surface area contributed by atoms with Crippen molar-refractivity contribution < 1.29 is 4.74 Å². The summed E-state index contributed by atoms with van der Waals surface area (Å²) < 4.78 is 4.83. The highest BCUT2D eigenvalue weighted by Crippen LogP contribution is 1.94. The Bertz CT molecular complexity index is 136. The van der Waals surface area contributed by atoms with Crippen LogP contribution in [0.15, 0.2) is 29.6 Å². The molecule has 0 aliphatic carbocycles. The van der Waals surface area contributed by atoms with E-state index in [1.807, 2.05) is 6.92 Å². The van der Waals surface area contributed by atoms with E-state index in [1.54, 1.807) is 25.6 Å². The van der Waals surface area contributed by atoms with Crippen LogP contribution in [-0.2, 0) is 4.74 Å². The number of aliphatic imine (C=N–C) groups is 1. The zero-order valence-corrected chi connectivity index (χ0v) is 5.79. The SMILES string of the molecule is C=C/C(=C\N=CC)OC. The van der Waals surface area contributed by atoms with Crippen LogP contribution in [0.2, 0.25) is 0 Å². The Morgan fingerprint density at radius 3 is 2.67 bits per heavy atom. The van der Waals surface area contributed by atoms with Gasteiger partial charge in [0.15, 0.2) is 0 Å². The summed E-state index contributed by atoms with van der Waals surface area (Å²) in [5.41, 5.74) is 0. The second-order valence-electron chi connectivity index (χ2n) is 1.35. The molecule has 0 fully saturated rings. The van der Waals surface area contributed by atoms with Crippen LogP contribution in [0.1, 0.15) is 6.92 Å².